The first kappa shape index (κ1) is 16.5. The summed E-state index contributed by atoms with van der Waals surface area (Å²) in [5.41, 5.74) is 0.301. The second kappa shape index (κ2) is 5.94. The van der Waals surface area contributed by atoms with Gasteiger partial charge in [-0.25, -0.2) is 12.8 Å². The van der Waals surface area contributed by atoms with Crippen molar-refractivity contribution >= 4 is 33.2 Å². The van der Waals surface area contributed by atoms with Crippen molar-refractivity contribution in [3.8, 4) is 5.75 Å². The topological polar surface area (TPSA) is 57.6 Å². The Morgan fingerprint density at radius 3 is 2.52 bits per heavy atom. The zero-order chi connectivity index (χ0) is 16.8. The molecule has 2 aromatic rings. The van der Waals surface area contributed by atoms with Gasteiger partial charge in [-0.3, -0.25) is 0 Å². The Balaban J connectivity index is 2.03. The van der Waals surface area contributed by atoms with E-state index >= 15 is 0 Å². The fourth-order valence-corrected chi connectivity index (χ4v) is 4.97. The van der Waals surface area contributed by atoms with Gasteiger partial charge in [0.2, 0.25) is 10.0 Å². The maximum atomic E-state index is 13.9. The number of phenols is 1. The quantitative estimate of drug-likeness (QED) is 0.882. The molecule has 1 heterocycles. The van der Waals surface area contributed by atoms with Crippen LogP contribution in [-0.4, -0.2) is 24.4 Å². The Kier molecular flexibility index (Phi) is 4.27. The Morgan fingerprint density at radius 1 is 1.22 bits per heavy atom. The molecule has 0 spiro atoms. The second-order valence-electron chi connectivity index (χ2n) is 5.18. The fourth-order valence-electron chi connectivity index (χ4n) is 2.57. The molecule has 1 unspecified atom stereocenters. The summed E-state index contributed by atoms with van der Waals surface area (Å²) >= 11 is 11.6. The highest BCUT2D eigenvalue weighted by Crippen LogP contribution is 2.43. The summed E-state index contributed by atoms with van der Waals surface area (Å²) in [4.78, 5) is -0.379. The second-order valence-corrected chi connectivity index (χ2v) is 7.88. The van der Waals surface area contributed by atoms with E-state index in [1.54, 1.807) is 18.2 Å². The van der Waals surface area contributed by atoms with Crippen LogP contribution in [0, 0.1) is 5.82 Å². The van der Waals surface area contributed by atoms with Crippen molar-refractivity contribution in [2.45, 2.75) is 17.4 Å². The molecule has 0 radical (unpaired) electrons. The highest BCUT2D eigenvalue weighted by molar-refractivity contribution is 7.89. The molecule has 23 heavy (non-hydrogen) atoms. The molecule has 0 amide bonds. The van der Waals surface area contributed by atoms with Crippen LogP contribution >= 0.6 is 23.2 Å². The molecule has 0 aromatic heterocycles. The van der Waals surface area contributed by atoms with Crippen molar-refractivity contribution in [3.05, 3.63) is 57.8 Å². The van der Waals surface area contributed by atoms with Crippen molar-refractivity contribution in [3.63, 3.8) is 0 Å². The van der Waals surface area contributed by atoms with Gasteiger partial charge in [0.25, 0.3) is 0 Å². The van der Waals surface area contributed by atoms with Crippen LogP contribution in [0.15, 0.2) is 41.3 Å². The van der Waals surface area contributed by atoms with Gasteiger partial charge in [-0.15, -0.1) is 0 Å². The minimum Gasteiger partial charge on any atom is -0.505 e. The standard InChI is InChI=1S/C15H12Cl2FNO3S/c16-9-7-11(17)15(20)14(8-9)23(21,22)19-6-5-13(19)10-3-1-2-4-12(10)18/h1-4,7-8,13,20H,5-6H2. The summed E-state index contributed by atoms with van der Waals surface area (Å²) in [6, 6.07) is 7.79. The highest BCUT2D eigenvalue weighted by Gasteiger charge is 2.41. The molecule has 4 nitrogen and oxygen atoms in total. The van der Waals surface area contributed by atoms with Crippen molar-refractivity contribution < 1.29 is 17.9 Å². The predicted molar refractivity (Wildman–Crippen MR) is 85.8 cm³/mol. The lowest BCUT2D eigenvalue weighted by atomic mass is 9.97. The van der Waals surface area contributed by atoms with Crippen LogP contribution in [0.3, 0.4) is 0 Å². The third-order valence-electron chi connectivity index (χ3n) is 3.81. The van der Waals surface area contributed by atoms with Crippen LogP contribution in [-0.2, 0) is 10.0 Å². The lowest BCUT2D eigenvalue weighted by Crippen LogP contribution is -2.45. The number of nitrogens with zero attached hydrogens (tertiary/aromatic N) is 1. The average Bonchev–Trinajstić information content (AvgIpc) is 2.43. The number of aromatic hydroxyl groups is 1. The van der Waals surface area contributed by atoms with Crippen molar-refractivity contribution in [1.82, 2.24) is 4.31 Å². The minimum absolute atomic E-state index is 0.0920. The van der Waals surface area contributed by atoms with Crippen LogP contribution in [0.4, 0.5) is 4.39 Å². The van der Waals surface area contributed by atoms with Crippen molar-refractivity contribution in [2.75, 3.05) is 6.54 Å². The first-order chi connectivity index (χ1) is 10.8. The van der Waals surface area contributed by atoms with Crippen LogP contribution in [0.25, 0.3) is 0 Å². The van der Waals surface area contributed by atoms with Gasteiger partial charge in [0.15, 0.2) is 5.75 Å². The maximum absolute atomic E-state index is 13.9. The third-order valence-corrected chi connectivity index (χ3v) is 6.24. The normalized spacial score (nSPS) is 18.7. The van der Waals surface area contributed by atoms with E-state index < -0.39 is 27.6 Å². The maximum Gasteiger partial charge on any atom is 0.247 e. The molecule has 1 N–H and O–H groups in total. The van der Waals surface area contributed by atoms with E-state index in [-0.39, 0.29) is 21.5 Å². The molecular formula is C15H12Cl2FNO3S. The van der Waals surface area contributed by atoms with E-state index in [1.165, 1.54) is 12.1 Å². The third kappa shape index (κ3) is 2.80. The summed E-state index contributed by atoms with van der Waals surface area (Å²) in [5.74, 6) is -1.03. The lowest BCUT2D eigenvalue weighted by molar-refractivity contribution is 0.197. The van der Waals surface area contributed by atoms with Crippen molar-refractivity contribution in [2.24, 2.45) is 0 Å². The first-order valence-electron chi connectivity index (χ1n) is 6.76. The molecule has 1 aliphatic rings. The number of benzene rings is 2. The predicted octanol–water partition coefficient (Wildman–Crippen LogP) is 3.97. The zero-order valence-corrected chi connectivity index (χ0v) is 14.0. The molecule has 0 saturated carbocycles. The van der Waals surface area contributed by atoms with Gasteiger partial charge < -0.3 is 5.11 Å². The van der Waals surface area contributed by atoms with E-state index in [1.807, 2.05) is 0 Å². The van der Waals surface area contributed by atoms with E-state index in [0.29, 0.717) is 12.0 Å². The number of halogens is 3. The first-order valence-corrected chi connectivity index (χ1v) is 8.96. The number of rotatable bonds is 3. The van der Waals surface area contributed by atoms with Gasteiger partial charge in [0.05, 0.1) is 11.1 Å². The smallest absolute Gasteiger partial charge is 0.247 e. The summed E-state index contributed by atoms with van der Waals surface area (Å²) in [7, 11) is -4.04. The van der Waals surface area contributed by atoms with Gasteiger partial charge in [-0.05, 0) is 24.6 Å². The average molecular weight is 376 g/mol. The monoisotopic (exact) mass is 375 g/mol. The van der Waals surface area contributed by atoms with Gasteiger partial charge in [0, 0.05) is 17.1 Å². The molecule has 1 saturated heterocycles. The zero-order valence-electron chi connectivity index (χ0n) is 11.7. The van der Waals surface area contributed by atoms with Gasteiger partial charge in [-0.1, -0.05) is 41.4 Å². The molecule has 122 valence electrons. The highest BCUT2D eigenvalue weighted by atomic mass is 35.5. The molecule has 8 heteroatoms. The summed E-state index contributed by atoms with van der Waals surface area (Å²) in [5, 5.41) is 9.91. The Hall–Kier alpha value is -1.34. The lowest BCUT2D eigenvalue weighted by Gasteiger charge is -2.40. The molecule has 0 aliphatic carbocycles. The summed E-state index contributed by atoms with van der Waals surface area (Å²) in [6.07, 6.45) is 0.495. The van der Waals surface area contributed by atoms with Crippen LogP contribution < -0.4 is 0 Å². The number of sulfonamides is 1. The van der Waals surface area contributed by atoms with E-state index in [0.717, 1.165) is 10.4 Å². The van der Waals surface area contributed by atoms with E-state index in [2.05, 4.69) is 0 Å². The molecule has 0 bridgehead atoms. The number of hydrogen-bond acceptors (Lipinski definition) is 3. The van der Waals surface area contributed by atoms with Crippen molar-refractivity contribution in [1.29, 1.82) is 0 Å². The molecule has 1 fully saturated rings. The molecular weight excluding hydrogens is 364 g/mol. The molecule has 1 aliphatic heterocycles. The SMILES string of the molecule is O=S(=O)(c1cc(Cl)cc(Cl)c1O)N1CCC1c1ccccc1F. The number of phenolic OH excluding ortho intramolecular Hbond substituents is 1. The fraction of sp³-hybridized carbons (Fsp3) is 0.200. The van der Waals surface area contributed by atoms with Gasteiger partial charge in [-0.2, -0.15) is 4.31 Å². The minimum atomic E-state index is -4.04. The van der Waals surface area contributed by atoms with Gasteiger partial charge in [0.1, 0.15) is 10.7 Å². The number of hydrogen-bond donors (Lipinski definition) is 1. The largest absolute Gasteiger partial charge is 0.505 e. The van der Waals surface area contributed by atoms with Crippen LogP contribution in [0.2, 0.25) is 10.0 Å². The van der Waals surface area contributed by atoms with Gasteiger partial charge >= 0.3 is 0 Å². The van der Waals surface area contributed by atoms with E-state index in [9.17, 15) is 17.9 Å². The summed E-state index contributed by atoms with van der Waals surface area (Å²) < 4.78 is 40.6. The van der Waals surface area contributed by atoms with Crippen LogP contribution in [0.5, 0.6) is 5.75 Å². The Bertz CT molecular complexity index is 873. The van der Waals surface area contributed by atoms with E-state index in [4.69, 9.17) is 23.2 Å². The Labute approximate surface area is 143 Å². The molecule has 1 atom stereocenters. The molecule has 2 aromatic carbocycles. The molecule has 3 rings (SSSR count). The summed E-state index contributed by atoms with van der Waals surface area (Å²) in [6.45, 7) is 0.227. The van der Waals surface area contributed by atoms with Crippen LogP contribution in [0.1, 0.15) is 18.0 Å². The Morgan fingerprint density at radius 2 is 1.91 bits per heavy atom.